The molecule has 0 spiro atoms. The van der Waals surface area contributed by atoms with Crippen LogP contribution in [0.5, 0.6) is 5.75 Å². The van der Waals surface area contributed by atoms with Gasteiger partial charge in [-0.05, 0) is 59.7 Å². The van der Waals surface area contributed by atoms with Gasteiger partial charge in [0.2, 0.25) is 5.78 Å². The Bertz CT molecular complexity index is 1280. The van der Waals surface area contributed by atoms with E-state index in [1.165, 1.54) is 24.3 Å². The first-order valence-corrected chi connectivity index (χ1v) is 12.1. The highest BCUT2D eigenvalue weighted by Gasteiger charge is 2.27. The largest absolute Gasteiger partial charge is 0.497 e. The van der Waals surface area contributed by atoms with Gasteiger partial charge in [-0.25, -0.2) is 8.78 Å². The molecule has 1 saturated heterocycles. The number of carbonyl (C=O) groups is 1. The molecule has 37 heavy (non-hydrogen) atoms. The van der Waals surface area contributed by atoms with Gasteiger partial charge in [0.25, 0.3) is 0 Å². The van der Waals surface area contributed by atoms with Gasteiger partial charge in [0.1, 0.15) is 17.4 Å². The smallest absolute Gasteiger partial charge is 0.214 e. The molecular formula is C29H27F2N3O3. The maximum Gasteiger partial charge on any atom is 0.214 e. The molecule has 1 aliphatic heterocycles. The summed E-state index contributed by atoms with van der Waals surface area (Å²) in [5.41, 5.74) is 2.70. The lowest BCUT2D eigenvalue weighted by Crippen LogP contribution is -2.47. The van der Waals surface area contributed by atoms with Crippen molar-refractivity contribution in [3.63, 3.8) is 0 Å². The van der Waals surface area contributed by atoms with Gasteiger partial charge in [-0.15, -0.1) is 0 Å². The van der Waals surface area contributed by atoms with Gasteiger partial charge in [0.15, 0.2) is 11.5 Å². The summed E-state index contributed by atoms with van der Waals surface area (Å²) in [6, 6.07) is 21.4. The van der Waals surface area contributed by atoms with Gasteiger partial charge in [-0.1, -0.05) is 29.4 Å². The molecule has 0 bridgehead atoms. The van der Waals surface area contributed by atoms with Gasteiger partial charge >= 0.3 is 0 Å². The highest BCUT2D eigenvalue weighted by Crippen LogP contribution is 2.30. The normalized spacial score (nSPS) is 14.7. The Kier molecular flexibility index (Phi) is 7.39. The molecule has 190 valence electrons. The second-order valence-electron chi connectivity index (χ2n) is 9.05. The van der Waals surface area contributed by atoms with Crippen LogP contribution in [-0.2, 0) is 6.54 Å². The second kappa shape index (κ2) is 11.0. The lowest BCUT2D eigenvalue weighted by Gasteiger charge is -2.39. The Hall–Kier alpha value is -3.88. The molecule has 1 fully saturated rings. The molecule has 4 aromatic rings. The van der Waals surface area contributed by atoms with Gasteiger partial charge in [-0.3, -0.25) is 14.6 Å². The van der Waals surface area contributed by atoms with E-state index in [0.717, 1.165) is 37.3 Å². The molecule has 5 rings (SSSR count). The van der Waals surface area contributed by atoms with Gasteiger partial charge in [0, 0.05) is 37.8 Å². The summed E-state index contributed by atoms with van der Waals surface area (Å²) in [6.45, 7) is 3.58. The topological polar surface area (TPSA) is 58.8 Å². The summed E-state index contributed by atoms with van der Waals surface area (Å²) >= 11 is 0. The van der Waals surface area contributed by atoms with Crippen molar-refractivity contribution in [3.05, 3.63) is 119 Å². The number of benzene rings is 3. The molecule has 8 heteroatoms. The van der Waals surface area contributed by atoms with Crippen LogP contribution >= 0.6 is 0 Å². The monoisotopic (exact) mass is 503 g/mol. The highest BCUT2D eigenvalue weighted by molar-refractivity contribution is 6.07. The SMILES string of the molecule is COc1ccc(C(=O)c2cc(CN3CCN(C(c4ccc(F)cc4)c4ccc(F)cc4)CC3)on2)cc1. The number of aromatic nitrogens is 1. The zero-order valence-electron chi connectivity index (χ0n) is 20.4. The molecule has 0 saturated carbocycles. The van der Waals surface area contributed by atoms with Crippen LogP contribution in [0, 0.1) is 11.6 Å². The number of rotatable bonds is 8. The van der Waals surface area contributed by atoms with Gasteiger partial charge in [0.05, 0.1) is 19.7 Å². The Morgan fingerprint density at radius 1 is 0.892 bits per heavy atom. The van der Waals surface area contributed by atoms with E-state index in [0.29, 0.717) is 23.6 Å². The van der Waals surface area contributed by atoms with Crippen LogP contribution in [-0.4, -0.2) is 54.0 Å². The molecule has 0 atom stereocenters. The summed E-state index contributed by atoms with van der Waals surface area (Å²) in [5.74, 6) is 0.520. The fourth-order valence-corrected chi connectivity index (χ4v) is 4.69. The van der Waals surface area contributed by atoms with Crippen LogP contribution < -0.4 is 4.74 Å². The molecule has 0 N–H and O–H groups in total. The van der Waals surface area contributed by atoms with Crippen molar-refractivity contribution in [1.29, 1.82) is 0 Å². The highest BCUT2D eigenvalue weighted by atomic mass is 19.1. The zero-order valence-corrected chi connectivity index (χ0v) is 20.4. The third-order valence-electron chi connectivity index (χ3n) is 6.67. The van der Waals surface area contributed by atoms with E-state index in [1.807, 2.05) is 0 Å². The lowest BCUT2D eigenvalue weighted by atomic mass is 9.96. The lowest BCUT2D eigenvalue weighted by molar-refractivity contribution is 0.0976. The van der Waals surface area contributed by atoms with Gasteiger partial charge < -0.3 is 9.26 Å². The Morgan fingerprint density at radius 3 is 2.00 bits per heavy atom. The van der Waals surface area contributed by atoms with Crippen molar-refractivity contribution in [1.82, 2.24) is 15.0 Å². The number of nitrogens with zero attached hydrogens (tertiary/aromatic N) is 3. The van der Waals surface area contributed by atoms with Crippen molar-refractivity contribution in [2.45, 2.75) is 12.6 Å². The summed E-state index contributed by atoms with van der Waals surface area (Å²) < 4.78 is 37.8. The molecule has 0 radical (unpaired) electrons. The summed E-state index contributed by atoms with van der Waals surface area (Å²) in [6.07, 6.45) is 0. The molecule has 0 amide bonds. The third-order valence-corrected chi connectivity index (χ3v) is 6.67. The van der Waals surface area contributed by atoms with Crippen LogP contribution in [0.1, 0.15) is 39.0 Å². The molecule has 3 aromatic carbocycles. The van der Waals surface area contributed by atoms with Crippen LogP contribution in [0.3, 0.4) is 0 Å². The number of hydrogen-bond donors (Lipinski definition) is 0. The molecule has 6 nitrogen and oxygen atoms in total. The molecule has 2 heterocycles. The van der Waals surface area contributed by atoms with Crippen molar-refractivity contribution >= 4 is 5.78 Å². The second-order valence-corrected chi connectivity index (χ2v) is 9.05. The summed E-state index contributed by atoms with van der Waals surface area (Å²) in [4.78, 5) is 17.3. The Labute approximate surface area is 214 Å². The van der Waals surface area contributed by atoms with E-state index in [9.17, 15) is 13.6 Å². The van der Waals surface area contributed by atoms with E-state index >= 15 is 0 Å². The van der Waals surface area contributed by atoms with Crippen LogP contribution in [0.2, 0.25) is 0 Å². The number of halogens is 2. The molecule has 0 aliphatic carbocycles. The Balaban J connectivity index is 1.24. The quantitative estimate of drug-likeness (QED) is 0.312. The molecular weight excluding hydrogens is 476 g/mol. The van der Waals surface area contributed by atoms with Crippen LogP contribution in [0.15, 0.2) is 83.4 Å². The average molecular weight is 504 g/mol. The molecule has 0 unspecified atom stereocenters. The predicted molar refractivity (Wildman–Crippen MR) is 134 cm³/mol. The summed E-state index contributed by atoms with van der Waals surface area (Å²) in [5, 5.41) is 3.98. The number of ether oxygens (including phenoxy) is 1. The van der Waals surface area contributed by atoms with Crippen molar-refractivity contribution in [3.8, 4) is 5.75 Å². The van der Waals surface area contributed by atoms with Crippen molar-refractivity contribution in [2.75, 3.05) is 33.3 Å². The number of hydrogen-bond acceptors (Lipinski definition) is 6. The van der Waals surface area contributed by atoms with Crippen molar-refractivity contribution in [2.24, 2.45) is 0 Å². The predicted octanol–water partition coefficient (Wildman–Crippen LogP) is 5.10. The fraction of sp³-hybridized carbons (Fsp3) is 0.241. The molecule has 1 aliphatic rings. The minimum Gasteiger partial charge on any atom is -0.497 e. The molecule has 1 aromatic heterocycles. The van der Waals surface area contributed by atoms with Crippen LogP contribution in [0.4, 0.5) is 8.78 Å². The van der Waals surface area contributed by atoms with E-state index < -0.39 is 0 Å². The van der Waals surface area contributed by atoms with Gasteiger partial charge in [-0.2, -0.15) is 0 Å². The third kappa shape index (κ3) is 5.76. The number of ketones is 1. The number of methoxy groups -OCH3 is 1. The zero-order chi connectivity index (χ0) is 25.8. The maximum absolute atomic E-state index is 13.6. The Morgan fingerprint density at radius 2 is 1.46 bits per heavy atom. The van der Waals surface area contributed by atoms with Crippen LogP contribution in [0.25, 0.3) is 0 Å². The number of carbonyl (C=O) groups excluding carboxylic acids is 1. The minimum atomic E-state index is -0.289. The average Bonchev–Trinajstić information content (AvgIpc) is 3.40. The van der Waals surface area contributed by atoms with E-state index in [-0.39, 0.29) is 29.2 Å². The maximum atomic E-state index is 13.6. The fourth-order valence-electron chi connectivity index (χ4n) is 4.69. The summed E-state index contributed by atoms with van der Waals surface area (Å²) in [7, 11) is 1.58. The first-order valence-electron chi connectivity index (χ1n) is 12.1. The van der Waals surface area contributed by atoms with Crippen molar-refractivity contribution < 1.29 is 22.8 Å². The van der Waals surface area contributed by atoms with E-state index in [4.69, 9.17) is 9.26 Å². The van der Waals surface area contributed by atoms with E-state index in [2.05, 4.69) is 15.0 Å². The van der Waals surface area contributed by atoms with E-state index in [1.54, 1.807) is 61.7 Å². The first kappa shape index (κ1) is 24.8. The number of piperazine rings is 1. The minimum absolute atomic E-state index is 0.109. The first-order chi connectivity index (χ1) is 18.0. The standard InChI is InChI=1S/C29H27F2N3O3/c1-36-25-12-6-22(7-13-25)29(35)27-18-26(37-32-27)19-33-14-16-34(17-15-33)28(20-2-8-23(30)9-3-20)21-4-10-24(31)11-5-21/h2-13,18,28H,14-17,19H2,1H3.